The Morgan fingerprint density at radius 1 is 0.946 bits per heavy atom. The molecule has 5 rings (SSSR count). The molecule has 1 fully saturated rings. The summed E-state index contributed by atoms with van der Waals surface area (Å²) in [5.41, 5.74) is 7.45. The molecule has 2 aromatic carbocycles. The number of methoxy groups -OCH3 is 1. The van der Waals surface area contributed by atoms with E-state index in [1.165, 1.54) is 36.2 Å². The Hall–Kier alpha value is -5.47. The highest BCUT2D eigenvalue weighted by molar-refractivity contribution is 6.04. The van der Waals surface area contributed by atoms with Crippen LogP contribution in [-0.4, -0.2) is 66.9 Å². The fourth-order valence-electron chi connectivity index (χ4n) is 3.49. The van der Waals surface area contributed by atoms with E-state index in [4.69, 9.17) is 10.8 Å². The van der Waals surface area contributed by atoms with Crippen LogP contribution < -0.4 is 11.1 Å². The van der Waals surface area contributed by atoms with Crippen molar-refractivity contribution in [1.29, 1.82) is 0 Å². The van der Waals surface area contributed by atoms with Crippen molar-refractivity contribution in [2.75, 3.05) is 18.2 Å². The van der Waals surface area contributed by atoms with Gasteiger partial charge in [-0.3, -0.25) is 14.9 Å². The summed E-state index contributed by atoms with van der Waals surface area (Å²) >= 11 is 0. The number of carbonyl (C=O) groups is 5. The number of nitrogens with zero attached hydrogens (tertiary/aromatic N) is 5. The van der Waals surface area contributed by atoms with Gasteiger partial charge >= 0.3 is 18.3 Å². The molecule has 3 amide bonds. The van der Waals surface area contributed by atoms with Gasteiger partial charge in [0.25, 0.3) is 11.8 Å². The van der Waals surface area contributed by atoms with Gasteiger partial charge in [-0.2, -0.15) is 19.6 Å². The number of hydrogen-bond acceptors (Lipinski definition) is 10. The third-order valence-electron chi connectivity index (χ3n) is 5.21. The number of nitrogens with two attached hydrogens (primary N) is 1. The van der Waals surface area contributed by atoms with Crippen LogP contribution in [-0.2, 0) is 19.2 Å². The molecule has 0 aliphatic carbocycles. The number of hydroxylamine groups is 2. The van der Waals surface area contributed by atoms with E-state index >= 15 is 0 Å². The van der Waals surface area contributed by atoms with Crippen molar-refractivity contribution in [2.24, 2.45) is 0 Å². The second-order valence-corrected chi connectivity index (χ2v) is 7.47. The predicted octanol–water partition coefficient (Wildman–Crippen LogP) is 2.41. The van der Waals surface area contributed by atoms with Crippen LogP contribution in [0, 0.1) is 0 Å². The molecule has 15 nitrogen and oxygen atoms in total. The topological polar surface area (TPSA) is 201 Å². The number of carboxylic acid groups (broad SMARTS) is 1. The van der Waals surface area contributed by atoms with Gasteiger partial charge in [0, 0.05) is 29.3 Å². The molecule has 190 valence electrons. The highest BCUT2D eigenvalue weighted by atomic mass is 16.7. The molecule has 0 atom stereocenters. The molecule has 1 aliphatic heterocycles. The van der Waals surface area contributed by atoms with Crippen molar-refractivity contribution in [3.63, 3.8) is 0 Å². The maximum absolute atomic E-state index is 11.8. The molecule has 15 heteroatoms. The van der Waals surface area contributed by atoms with Crippen molar-refractivity contribution in [3.8, 4) is 0 Å². The number of carbonyl (C=O) groups excluding carboxylic acids is 4. The fourth-order valence-corrected chi connectivity index (χ4v) is 3.49. The molecule has 0 saturated carbocycles. The second kappa shape index (κ2) is 10.0. The summed E-state index contributed by atoms with van der Waals surface area (Å²) in [5, 5.41) is 20.5. The van der Waals surface area contributed by atoms with Gasteiger partial charge in [0.15, 0.2) is 0 Å². The normalized spacial score (nSPS) is 12.8. The minimum atomic E-state index is -1.27. The monoisotopic (exact) mass is 509 g/mol. The lowest BCUT2D eigenvalue weighted by Crippen LogP contribution is -2.33. The van der Waals surface area contributed by atoms with Gasteiger partial charge in [0.05, 0.1) is 36.2 Å². The van der Waals surface area contributed by atoms with Crippen molar-refractivity contribution in [3.05, 3.63) is 48.8 Å². The SMILES string of the molecule is COC(=O)n1ncc2c(N)cccc21.O=C(Nc1cccc2c1cnn2C(=O)O)ON1C(=O)CCC1=O. The van der Waals surface area contributed by atoms with Crippen LogP contribution >= 0.6 is 0 Å². The summed E-state index contributed by atoms with van der Waals surface area (Å²) in [6.45, 7) is 0. The highest BCUT2D eigenvalue weighted by Crippen LogP contribution is 2.24. The molecule has 0 radical (unpaired) electrons. The highest BCUT2D eigenvalue weighted by Gasteiger charge is 2.33. The molecule has 37 heavy (non-hydrogen) atoms. The predicted molar refractivity (Wildman–Crippen MR) is 126 cm³/mol. The first-order chi connectivity index (χ1) is 17.7. The molecular weight excluding hydrogens is 490 g/mol. The van der Waals surface area contributed by atoms with E-state index < -0.39 is 30.1 Å². The number of aromatic nitrogens is 4. The number of rotatable bonds is 2. The van der Waals surface area contributed by atoms with Crippen LogP contribution in [0.1, 0.15) is 12.8 Å². The van der Waals surface area contributed by atoms with Gasteiger partial charge in [-0.05, 0) is 24.3 Å². The lowest BCUT2D eigenvalue weighted by Gasteiger charge is -2.13. The molecule has 0 bridgehead atoms. The van der Waals surface area contributed by atoms with E-state index in [9.17, 15) is 24.0 Å². The number of amides is 3. The van der Waals surface area contributed by atoms with Crippen molar-refractivity contribution < 1.29 is 38.7 Å². The number of imide groups is 1. The lowest BCUT2D eigenvalue weighted by molar-refractivity contribution is -0.170. The first-order valence-electron chi connectivity index (χ1n) is 10.6. The molecule has 3 heterocycles. The van der Waals surface area contributed by atoms with Crippen LogP contribution in [0.4, 0.5) is 25.8 Å². The van der Waals surface area contributed by atoms with Crippen molar-refractivity contribution in [2.45, 2.75) is 12.8 Å². The van der Waals surface area contributed by atoms with Crippen molar-refractivity contribution in [1.82, 2.24) is 24.6 Å². The number of anilines is 2. The molecule has 1 aliphatic rings. The first kappa shape index (κ1) is 24.6. The zero-order valence-electron chi connectivity index (χ0n) is 19.2. The van der Waals surface area contributed by atoms with Crippen molar-refractivity contribution >= 4 is 63.3 Å². The third-order valence-corrected chi connectivity index (χ3v) is 5.21. The Kier molecular flexibility index (Phi) is 6.68. The lowest BCUT2D eigenvalue weighted by atomic mass is 10.2. The van der Waals surface area contributed by atoms with Crippen LogP contribution in [0.2, 0.25) is 0 Å². The Balaban J connectivity index is 0.000000195. The van der Waals surface area contributed by atoms with Gasteiger partial charge < -0.3 is 20.4 Å². The Morgan fingerprint density at radius 3 is 2.19 bits per heavy atom. The summed E-state index contributed by atoms with van der Waals surface area (Å²) in [6.07, 6.45) is -0.0322. The number of fused-ring (bicyclic) bond motifs is 2. The van der Waals surface area contributed by atoms with E-state index in [2.05, 4.69) is 25.1 Å². The quantitative estimate of drug-likeness (QED) is 0.264. The second-order valence-electron chi connectivity index (χ2n) is 7.47. The largest absolute Gasteiger partial charge is 0.463 e. The molecule has 1 saturated heterocycles. The van der Waals surface area contributed by atoms with E-state index in [1.807, 2.05) is 0 Å². The van der Waals surface area contributed by atoms with Gasteiger partial charge in [-0.15, -0.1) is 5.06 Å². The van der Waals surface area contributed by atoms with E-state index in [-0.39, 0.29) is 24.0 Å². The molecule has 0 spiro atoms. The summed E-state index contributed by atoms with van der Waals surface area (Å²) in [6, 6.07) is 9.82. The van der Waals surface area contributed by atoms with Gasteiger partial charge in [-0.25, -0.2) is 14.4 Å². The number of benzene rings is 2. The summed E-state index contributed by atoms with van der Waals surface area (Å²) in [5.74, 6) is -1.19. The van der Waals surface area contributed by atoms with Gasteiger partial charge in [0.1, 0.15) is 0 Å². The summed E-state index contributed by atoms with van der Waals surface area (Å²) in [7, 11) is 1.31. The van der Waals surface area contributed by atoms with Crippen LogP contribution in [0.15, 0.2) is 48.8 Å². The average molecular weight is 509 g/mol. The number of nitrogen functional groups attached to an aromatic ring is 1. The third kappa shape index (κ3) is 4.86. The Morgan fingerprint density at radius 2 is 1.54 bits per heavy atom. The minimum absolute atomic E-state index is 0.00687. The van der Waals surface area contributed by atoms with E-state index in [0.29, 0.717) is 21.7 Å². The molecule has 2 aromatic heterocycles. The molecule has 0 unspecified atom stereocenters. The van der Waals surface area contributed by atoms with E-state index in [1.54, 1.807) is 24.4 Å². The standard InChI is InChI=1S/C13H10N4O6.C9H9N3O2/c18-10-4-5-11(19)17(10)23-12(20)15-8-2-1-3-9-7(8)6-14-16(9)13(21)22;1-14-9(13)12-8-4-2-3-7(10)6(8)5-11-12/h1-3,6H,4-5H2,(H,15,20)(H,21,22);2-5H,10H2,1H3. The summed E-state index contributed by atoms with van der Waals surface area (Å²) in [4.78, 5) is 61.5. The zero-order valence-corrected chi connectivity index (χ0v) is 19.2. The van der Waals surface area contributed by atoms with Crippen LogP contribution in [0.5, 0.6) is 0 Å². The number of ether oxygens (including phenoxy) is 1. The minimum Gasteiger partial charge on any atom is -0.463 e. The summed E-state index contributed by atoms with van der Waals surface area (Å²) < 4.78 is 6.48. The zero-order chi connectivity index (χ0) is 26.7. The smallest absolute Gasteiger partial charge is 0.436 e. The number of nitrogens with one attached hydrogen (secondary N) is 1. The van der Waals surface area contributed by atoms with Gasteiger partial charge in [0.2, 0.25) is 0 Å². The average Bonchev–Trinajstić information content (AvgIpc) is 3.59. The Labute approximate surface area is 206 Å². The van der Waals surface area contributed by atoms with Gasteiger partial charge in [-0.1, -0.05) is 12.1 Å². The van der Waals surface area contributed by atoms with Crippen LogP contribution in [0.25, 0.3) is 21.8 Å². The molecule has 4 aromatic rings. The Bertz CT molecular complexity index is 1540. The maximum atomic E-state index is 11.8. The molecule has 4 N–H and O–H groups in total. The molecular formula is C22H19N7O8. The van der Waals surface area contributed by atoms with Crippen LogP contribution in [0.3, 0.4) is 0 Å². The van der Waals surface area contributed by atoms with E-state index in [0.717, 1.165) is 10.1 Å². The maximum Gasteiger partial charge on any atom is 0.436 e. The first-order valence-corrected chi connectivity index (χ1v) is 10.6. The fraction of sp³-hybridized carbons (Fsp3) is 0.136. The number of hydrogen-bond donors (Lipinski definition) is 3.